The van der Waals surface area contributed by atoms with E-state index in [9.17, 15) is 0 Å². The molecule has 1 aliphatic carbocycles. The molecule has 0 radical (unpaired) electrons. The van der Waals surface area contributed by atoms with Crippen LogP contribution in [0.15, 0.2) is 5.16 Å². The van der Waals surface area contributed by atoms with Crippen LogP contribution in [0.4, 0.5) is 0 Å². The van der Waals surface area contributed by atoms with Gasteiger partial charge in [-0.3, -0.25) is 0 Å². The van der Waals surface area contributed by atoms with Gasteiger partial charge in [-0.15, -0.1) is 0 Å². The van der Waals surface area contributed by atoms with E-state index in [1.165, 1.54) is 12.8 Å². The highest BCUT2D eigenvalue weighted by Gasteiger charge is 2.41. The fourth-order valence-corrected chi connectivity index (χ4v) is 1.85. The van der Waals surface area contributed by atoms with Crippen molar-refractivity contribution in [3.63, 3.8) is 0 Å². The summed E-state index contributed by atoms with van der Waals surface area (Å²) in [5.74, 6) is 0.769. The summed E-state index contributed by atoms with van der Waals surface area (Å²) < 4.78 is 0. The molecular formula is C7H10BrNO. The van der Waals surface area contributed by atoms with Crippen molar-refractivity contribution in [3.8, 4) is 0 Å². The zero-order valence-corrected chi connectivity index (χ0v) is 7.47. The molecule has 0 amide bonds. The molecule has 2 nitrogen and oxygen atoms in total. The maximum Gasteiger partial charge on any atom is 0.148 e. The van der Waals surface area contributed by atoms with Crippen LogP contribution in [-0.4, -0.2) is 16.6 Å². The lowest BCUT2D eigenvalue weighted by molar-refractivity contribution is 0.0729. The second-order valence-corrected chi connectivity index (χ2v) is 4.03. The molecule has 2 rings (SSSR count). The minimum Gasteiger partial charge on any atom is -0.391 e. The van der Waals surface area contributed by atoms with E-state index in [4.69, 9.17) is 4.84 Å². The van der Waals surface area contributed by atoms with Gasteiger partial charge >= 0.3 is 0 Å². The van der Waals surface area contributed by atoms with E-state index in [0.29, 0.717) is 10.9 Å². The monoisotopic (exact) mass is 203 g/mol. The van der Waals surface area contributed by atoms with Crippen molar-refractivity contribution < 1.29 is 4.84 Å². The Morgan fingerprint density at radius 3 is 2.70 bits per heavy atom. The first-order valence-corrected chi connectivity index (χ1v) is 4.55. The lowest BCUT2D eigenvalue weighted by Crippen LogP contribution is -2.23. The van der Waals surface area contributed by atoms with Crippen molar-refractivity contribution >= 4 is 21.6 Å². The van der Waals surface area contributed by atoms with Gasteiger partial charge in [0.15, 0.2) is 0 Å². The largest absolute Gasteiger partial charge is 0.391 e. The van der Waals surface area contributed by atoms with Crippen LogP contribution in [0, 0.1) is 5.92 Å². The van der Waals surface area contributed by atoms with Crippen LogP contribution in [0.25, 0.3) is 0 Å². The highest BCUT2D eigenvalue weighted by molar-refractivity contribution is 9.10. The van der Waals surface area contributed by atoms with Gasteiger partial charge in [-0.1, -0.05) is 21.1 Å². The molecule has 2 atom stereocenters. The van der Waals surface area contributed by atoms with Gasteiger partial charge in [0.05, 0.1) is 10.5 Å². The van der Waals surface area contributed by atoms with Crippen LogP contribution in [-0.2, 0) is 4.84 Å². The summed E-state index contributed by atoms with van der Waals surface area (Å²) in [5, 5.41) is 3.93. The van der Waals surface area contributed by atoms with Gasteiger partial charge in [0, 0.05) is 5.92 Å². The normalized spacial score (nSPS) is 39.2. The fourth-order valence-electron chi connectivity index (χ4n) is 1.24. The van der Waals surface area contributed by atoms with E-state index >= 15 is 0 Å². The standard InChI is InChI=1S/C7H10BrNO/c1-4-6(8)7(10-9-4)5-2-3-5/h5-7H,2-3H2,1H3. The quantitative estimate of drug-likeness (QED) is 0.598. The van der Waals surface area contributed by atoms with Crippen molar-refractivity contribution in [2.45, 2.75) is 30.7 Å². The molecule has 1 heterocycles. The van der Waals surface area contributed by atoms with Crippen molar-refractivity contribution in [1.82, 2.24) is 0 Å². The minimum absolute atomic E-state index is 0.333. The third-order valence-electron chi connectivity index (χ3n) is 2.09. The fraction of sp³-hybridized carbons (Fsp3) is 0.857. The van der Waals surface area contributed by atoms with E-state index < -0.39 is 0 Å². The van der Waals surface area contributed by atoms with Gasteiger partial charge in [-0.25, -0.2) is 0 Å². The molecule has 0 aromatic carbocycles. The highest BCUT2D eigenvalue weighted by atomic mass is 79.9. The summed E-state index contributed by atoms with van der Waals surface area (Å²) in [6.45, 7) is 2.00. The van der Waals surface area contributed by atoms with E-state index in [1.54, 1.807) is 0 Å². The summed E-state index contributed by atoms with van der Waals surface area (Å²) in [5.41, 5.74) is 1.08. The molecule has 1 aliphatic heterocycles. The van der Waals surface area contributed by atoms with Crippen LogP contribution in [0.3, 0.4) is 0 Å². The summed E-state index contributed by atoms with van der Waals surface area (Å²) >= 11 is 3.55. The first kappa shape index (κ1) is 6.65. The Morgan fingerprint density at radius 2 is 2.30 bits per heavy atom. The molecule has 0 spiro atoms. The van der Waals surface area contributed by atoms with Gasteiger partial charge < -0.3 is 4.84 Å². The Labute approximate surface area is 68.7 Å². The third kappa shape index (κ3) is 0.965. The average Bonchev–Trinajstić information content (AvgIpc) is 2.67. The molecule has 2 unspecified atom stereocenters. The Hall–Kier alpha value is -0.0500. The van der Waals surface area contributed by atoms with E-state index in [-0.39, 0.29) is 0 Å². The summed E-state index contributed by atoms with van der Waals surface area (Å²) in [6.07, 6.45) is 2.96. The molecular weight excluding hydrogens is 194 g/mol. The molecule has 0 aromatic rings. The van der Waals surface area contributed by atoms with Crippen LogP contribution in [0.2, 0.25) is 0 Å². The van der Waals surface area contributed by atoms with Gasteiger partial charge in [0.25, 0.3) is 0 Å². The van der Waals surface area contributed by atoms with Gasteiger partial charge in [-0.2, -0.15) is 0 Å². The number of nitrogens with zero attached hydrogens (tertiary/aromatic N) is 1. The molecule has 1 saturated carbocycles. The van der Waals surface area contributed by atoms with E-state index in [2.05, 4.69) is 21.1 Å². The number of alkyl halides is 1. The first-order chi connectivity index (χ1) is 4.79. The number of hydrogen-bond acceptors (Lipinski definition) is 2. The molecule has 0 N–H and O–H groups in total. The molecule has 10 heavy (non-hydrogen) atoms. The lowest BCUT2D eigenvalue weighted by atomic mass is 10.1. The van der Waals surface area contributed by atoms with Crippen molar-refractivity contribution in [3.05, 3.63) is 0 Å². The van der Waals surface area contributed by atoms with E-state index in [1.807, 2.05) is 6.92 Å². The number of hydrogen-bond donors (Lipinski definition) is 0. The molecule has 0 aromatic heterocycles. The minimum atomic E-state index is 0.333. The summed E-state index contributed by atoms with van der Waals surface area (Å²) in [7, 11) is 0. The van der Waals surface area contributed by atoms with Crippen LogP contribution < -0.4 is 0 Å². The Balaban J connectivity index is 2.02. The number of rotatable bonds is 1. The average molecular weight is 204 g/mol. The molecule has 0 bridgehead atoms. The zero-order chi connectivity index (χ0) is 7.14. The molecule has 2 aliphatic rings. The van der Waals surface area contributed by atoms with Crippen LogP contribution in [0.5, 0.6) is 0 Å². The topological polar surface area (TPSA) is 21.6 Å². The maximum absolute atomic E-state index is 5.24. The zero-order valence-electron chi connectivity index (χ0n) is 5.88. The molecule has 3 heteroatoms. The molecule has 0 saturated heterocycles. The first-order valence-electron chi connectivity index (χ1n) is 3.63. The smallest absolute Gasteiger partial charge is 0.148 e. The number of halogens is 1. The van der Waals surface area contributed by atoms with Crippen LogP contribution >= 0.6 is 15.9 Å². The van der Waals surface area contributed by atoms with Crippen molar-refractivity contribution in [2.24, 2.45) is 11.1 Å². The summed E-state index contributed by atoms with van der Waals surface area (Å²) in [6, 6.07) is 0. The van der Waals surface area contributed by atoms with Gasteiger partial charge in [0.2, 0.25) is 0 Å². The molecule has 56 valence electrons. The van der Waals surface area contributed by atoms with E-state index in [0.717, 1.165) is 11.6 Å². The maximum atomic E-state index is 5.24. The van der Waals surface area contributed by atoms with Crippen molar-refractivity contribution in [2.75, 3.05) is 0 Å². The third-order valence-corrected chi connectivity index (χ3v) is 3.28. The SMILES string of the molecule is CC1=NOC(C2CC2)C1Br. The van der Waals surface area contributed by atoms with Gasteiger partial charge in [0.1, 0.15) is 6.10 Å². The molecule has 1 fully saturated rings. The number of oxime groups is 1. The van der Waals surface area contributed by atoms with Crippen LogP contribution in [0.1, 0.15) is 19.8 Å². The predicted molar refractivity (Wildman–Crippen MR) is 43.4 cm³/mol. The van der Waals surface area contributed by atoms with Gasteiger partial charge in [-0.05, 0) is 19.8 Å². The summed E-state index contributed by atoms with van der Waals surface area (Å²) in [4.78, 5) is 5.62. The lowest BCUT2D eigenvalue weighted by Gasteiger charge is -2.09. The Bertz CT molecular complexity index is 176. The predicted octanol–water partition coefficient (Wildman–Crippen LogP) is 1.93. The second kappa shape index (κ2) is 2.22. The second-order valence-electron chi connectivity index (χ2n) is 3.04. The highest BCUT2D eigenvalue weighted by Crippen LogP contribution is 2.40. The van der Waals surface area contributed by atoms with Crippen molar-refractivity contribution in [1.29, 1.82) is 0 Å². The Kier molecular flexibility index (Phi) is 1.48. The Morgan fingerprint density at radius 1 is 1.60 bits per heavy atom.